The van der Waals surface area contributed by atoms with Crippen LogP contribution in [-0.2, 0) is 0 Å². The van der Waals surface area contributed by atoms with Gasteiger partial charge in [-0.2, -0.15) is 0 Å². The van der Waals surface area contributed by atoms with E-state index in [1.165, 1.54) is 0 Å². The summed E-state index contributed by atoms with van der Waals surface area (Å²) in [6.07, 6.45) is 0. The number of benzene rings is 2. The Labute approximate surface area is 140 Å². The molecule has 3 aromatic rings. The van der Waals surface area contributed by atoms with Crippen LogP contribution in [0.4, 0.5) is 5.13 Å². The lowest BCUT2D eigenvalue weighted by molar-refractivity contribution is 0.0987. The fourth-order valence-corrected chi connectivity index (χ4v) is 3.77. The number of anilines is 1. The molecule has 4 heteroatoms. The number of thiazole rings is 1. The minimum Gasteiger partial charge on any atom is -0.284 e. The molecule has 0 aliphatic rings. The molecule has 0 N–H and O–H groups in total. The summed E-state index contributed by atoms with van der Waals surface area (Å²) >= 11 is 1.57. The van der Waals surface area contributed by atoms with E-state index in [1.807, 2.05) is 45.0 Å². The monoisotopic (exact) mass is 324 g/mol. The van der Waals surface area contributed by atoms with Gasteiger partial charge in [0.25, 0.3) is 5.91 Å². The minimum absolute atomic E-state index is 0.0189. The summed E-state index contributed by atoms with van der Waals surface area (Å²) in [5.41, 5.74) is 4.97. The first-order chi connectivity index (χ1) is 11.0. The van der Waals surface area contributed by atoms with Crippen LogP contribution in [0.3, 0.4) is 0 Å². The average molecular weight is 324 g/mol. The van der Waals surface area contributed by atoms with Crippen LogP contribution >= 0.6 is 11.3 Å². The van der Waals surface area contributed by atoms with Gasteiger partial charge in [-0.1, -0.05) is 41.2 Å². The maximum absolute atomic E-state index is 13.0. The molecule has 3 rings (SSSR count). The summed E-state index contributed by atoms with van der Waals surface area (Å²) in [4.78, 5) is 19.5. The number of hydrogen-bond donors (Lipinski definition) is 0. The number of carbonyl (C=O) groups excluding carboxylic acids is 1. The fraction of sp³-hybridized carbons (Fsp3) is 0.263. The van der Waals surface area contributed by atoms with Crippen molar-refractivity contribution in [1.82, 2.24) is 4.98 Å². The molecule has 23 heavy (non-hydrogen) atoms. The molecule has 1 amide bonds. The third kappa shape index (κ3) is 2.86. The van der Waals surface area contributed by atoms with Gasteiger partial charge < -0.3 is 0 Å². The van der Waals surface area contributed by atoms with E-state index in [2.05, 4.69) is 19.1 Å². The zero-order chi connectivity index (χ0) is 16.6. The van der Waals surface area contributed by atoms with Crippen molar-refractivity contribution >= 4 is 32.6 Å². The third-order valence-corrected chi connectivity index (χ3v) is 5.07. The average Bonchev–Trinajstić information content (AvgIpc) is 2.95. The maximum Gasteiger partial charge on any atom is 0.260 e. The largest absolute Gasteiger partial charge is 0.284 e. The van der Waals surface area contributed by atoms with Crippen molar-refractivity contribution in [3.05, 3.63) is 58.7 Å². The van der Waals surface area contributed by atoms with Crippen molar-refractivity contribution in [3.8, 4) is 0 Å². The molecule has 3 nitrogen and oxygen atoms in total. The van der Waals surface area contributed by atoms with Gasteiger partial charge in [0.05, 0.1) is 10.2 Å². The van der Waals surface area contributed by atoms with Gasteiger partial charge in [0.1, 0.15) is 0 Å². The molecule has 0 aliphatic carbocycles. The Morgan fingerprint density at radius 1 is 1.13 bits per heavy atom. The lowest BCUT2D eigenvalue weighted by Gasteiger charge is -2.19. The fourth-order valence-electron chi connectivity index (χ4n) is 2.67. The number of hydrogen-bond acceptors (Lipinski definition) is 3. The van der Waals surface area contributed by atoms with Gasteiger partial charge in [-0.15, -0.1) is 0 Å². The van der Waals surface area contributed by atoms with Crippen molar-refractivity contribution < 1.29 is 4.79 Å². The minimum atomic E-state index is 0.0189. The van der Waals surface area contributed by atoms with E-state index >= 15 is 0 Å². The van der Waals surface area contributed by atoms with Crippen LogP contribution in [0.1, 0.15) is 34.0 Å². The molecular formula is C19H20N2OS. The zero-order valence-corrected chi connectivity index (χ0v) is 14.7. The Morgan fingerprint density at radius 2 is 1.91 bits per heavy atom. The first kappa shape index (κ1) is 15.7. The van der Waals surface area contributed by atoms with Gasteiger partial charge in [-0.3, -0.25) is 9.69 Å². The predicted octanol–water partition coefficient (Wildman–Crippen LogP) is 4.89. The molecule has 0 radical (unpaired) electrons. The second kappa shape index (κ2) is 6.13. The highest BCUT2D eigenvalue weighted by atomic mass is 32.1. The lowest BCUT2D eigenvalue weighted by atomic mass is 10.0. The first-order valence-corrected chi connectivity index (χ1v) is 8.58. The van der Waals surface area contributed by atoms with Gasteiger partial charge in [0.2, 0.25) is 0 Å². The normalized spacial score (nSPS) is 11.0. The number of fused-ring (bicyclic) bond motifs is 1. The van der Waals surface area contributed by atoms with E-state index in [0.29, 0.717) is 6.54 Å². The molecule has 0 bridgehead atoms. The van der Waals surface area contributed by atoms with Gasteiger partial charge in [0, 0.05) is 12.1 Å². The number of aryl methyl sites for hydroxylation is 3. The van der Waals surface area contributed by atoms with Gasteiger partial charge in [-0.25, -0.2) is 4.98 Å². The second-order valence-corrected chi connectivity index (χ2v) is 6.79. The maximum atomic E-state index is 13.0. The molecular weight excluding hydrogens is 304 g/mol. The third-order valence-electron chi connectivity index (χ3n) is 4.03. The zero-order valence-electron chi connectivity index (χ0n) is 13.9. The topological polar surface area (TPSA) is 33.2 Å². The van der Waals surface area contributed by atoms with Crippen molar-refractivity contribution in [2.45, 2.75) is 27.7 Å². The van der Waals surface area contributed by atoms with Crippen molar-refractivity contribution in [2.75, 3.05) is 11.4 Å². The molecule has 2 aromatic carbocycles. The summed E-state index contributed by atoms with van der Waals surface area (Å²) in [5.74, 6) is 0.0189. The van der Waals surface area contributed by atoms with Gasteiger partial charge in [0.15, 0.2) is 5.13 Å². The summed E-state index contributed by atoms with van der Waals surface area (Å²) in [5, 5.41) is 0.766. The lowest BCUT2D eigenvalue weighted by Crippen LogP contribution is -2.31. The molecule has 118 valence electrons. The molecule has 0 aliphatic heterocycles. The van der Waals surface area contributed by atoms with E-state index in [-0.39, 0.29) is 5.91 Å². The summed E-state index contributed by atoms with van der Waals surface area (Å²) in [6, 6.07) is 12.1. The quantitative estimate of drug-likeness (QED) is 0.687. The Kier molecular flexibility index (Phi) is 4.18. The number of carbonyl (C=O) groups is 1. The number of para-hydroxylation sites is 1. The van der Waals surface area contributed by atoms with Crippen LogP contribution in [0.15, 0.2) is 36.4 Å². The Bertz CT molecular complexity index is 882. The van der Waals surface area contributed by atoms with Crippen LogP contribution < -0.4 is 4.90 Å². The van der Waals surface area contributed by atoms with Crippen LogP contribution in [0.2, 0.25) is 0 Å². The van der Waals surface area contributed by atoms with Gasteiger partial charge in [-0.05, 0) is 51.0 Å². The first-order valence-electron chi connectivity index (χ1n) is 7.76. The summed E-state index contributed by atoms with van der Waals surface area (Å²) < 4.78 is 1.12. The molecule has 1 heterocycles. The smallest absolute Gasteiger partial charge is 0.260 e. The van der Waals surface area contributed by atoms with Crippen molar-refractivity contribution in [3.63, 3.8) is 0 Å². The van der Waals surface area contributed by atoms with E-state index < -0.39 is 0 Å². The number of rotatable bonds is 3. The molecule has 1 aromatic heterocycles. The second-order valence-electron chi connectivity index (χ2n) is 5.79. The SMILES string of the molecule is CCN(C(=O)c1cc(C)ccc1C)c1nc2c(C)cccc2s1. The summed E-state index contributed by atoms with van der Waals surface area (Å²) in [6.45, 7) is 8.62. The Hall–Kier alpha value is -2.20. The number of aromatic nitrogens is 1. The van der Waals surface area contributed by atoms with Crippen LogP contribution in [0.5, 0.6) is 0 Å². The van der Waals surface area contributed by atoms with Crippen LogP contribution in [0.25, 0.3) is 10.2 Å². The number of nitrogens with zero attached hydrogens (tertiary/aromatic N) is 2. The van der Waals surface area contributed by atoms with Crippen LogP contribution in [0, 0.1) is 20.8 Å². The molecule has 0 atom stereocenters. The van der Waals surface area contributed by atoms with Crippen molar-refractivity contribution in [1.29, 1.82) is 0 Å². The standard InChI is InChI=1S/C19H20N2OS/c1-5-21(18(22)15-11-12(2)9-10-13(15)3)19-20-17-14(4)7-6-8-16(17)23-19/h6-11H,5H2,1-4H3. The molecule has 0 spiro atoms. The van der Waals surface area contributed by atoms with E-state index in [4.69, 9.17) is 4.98 Å². The Balaban J connectivity index is 2.05. The molecule has 0 fully saturated rings. The molecule has 0 saturated heterocycles. The van der Waals surface area contributed by atoms with E-state index in [9.17, 15) is 4.79 Å². The summed E-state index contributed by atoms with van der Waals surface area (Å²) in [7, 11) is 0. The van der Waals surface area contributed by atoms with E-state index in [0.717, 1.165) is 37.6 Å². The number of amides is 1. The highest BCUT2D eigenvalue weighted by Crippen LogP contribution is 2.31. The van der Waals surface area contributed by atoms with E-state index in [1.54, 1.807) is 16.2 Å². The molecule has 0 unspecified atom stereocenters. The highest BCUT2D eigenvalue weighted by Gasteiger charge is 2.21. The van der Waals surface area contributed by atoms with Crippen molar-refractivity contribution in [2.24, 2.45) is 0 Å². The van der Waals surface area contributed by atoms with Gasteiger partial charge >= 0.3 is 0 Å². The highest BCUT2D eigenvalue weighted by molar-refractivity contribution is 7.22. The molecule has 0 saturated carbocycles. The van der Waals surface area contributed by atoms with Crippen LogP contribution in [-0.4, -0.2) is 17.4 Å². The predicted molar refractivity (Wildman–Crippen MR) is 97.6 cm³/mol. The Morgan fingerprint density at radius 3 is 2.61 bits per heavy atom.